The van der Waals surface area contributed by atoms with Gasteiger partial charge in [-0.2, -0.15) is 4.98 Å². The largest absolute Gasteiger partial charge is 0.381 e. The van der Waals surface area contributed by atoms with E-state index in [1.165, 1.54) is 5.56 Å². The van der Waals surface area contributed by atoms with Crippen molar-refractivity contribution in [3.8, 4) is 0 Å². The molecule has 2 aliphatic rings. The fourth-order valence-corrected chi connectivity index (χ4v) is 2.83. The molecule has 3 unspecified atom stereocenters. The summed E-state index contributed by atoms with van der Waals surface area (Å²) < 4.78 is 10.8. The molecule has 0 radical (unpaired) electrons. The number of hydrogen-bond donors (Lipinski definition) is 2. The minimum atomic E-state index is 0.0340. The lowest BCUT2D eigenvalue weighted by atomic mass is 10.0. The molecule has 2 aromatic rings. The Bertz CT molecular complexity index is 596. The third kappa shape index (κ3) is 2.55. The van der Waals surface area contributed by atoms with Crippen molar-refractivity contribution in [3.63, 3.8) is 0 Å². The van der Waals surface area contributed by atoms with Crippen LogP contribution in [0.15, 0.2) is 29.0 Å². The van der Waals surface area contributed by atoms with Crippen LogP contribution in [0.3, 0.4) is 0 Å². The standard InChI is InChI=1S/C14H17N5O2/c1-4-15-5-2-9(1)11-7-12(18-17-11)14-16-13(19-21-14)10-3-6-20-8-10/h1-2,4-5,10-12,17-18H,3,6-8H2. The Morgan fingerprint density at radius 1 is 1.14 bits per heavy atom. The van der Waals surface area contributed by atoms with Crippen molar-refractivity contribution in [1.29, 1.82) is 0 Å². The van der Waals surface area contributed by atoms with Crippen molar-refractivity contribution in [2.24, 2.45) is 0 Å². The molecule has 0 amide bonds. The summed E-state index contributed by atoms with van der Waals surface area (Å²) in [7, 11) is 0. The molecule has 2 aromatic heterocycles. The van der Waals surface area contributed by atoms with E-state index in [2.05, 4.69) is 26.0 Å². The van der Waals surface area contributed by atoms with Crippen LogP contribution in [0.2, 0.25) is 0 Å². The van der Waals surface area contributed by atoms with Gasteiger partial charge in [0.2, 0.25) is 5.89 Å². The second kappa shape index (κ2) is 5.51. The predicted molar refractivity (Wildman–Crippen MR) is 73.1 cm³/mol. The van der Waals surface area contributed by atoms with Crippen LogP contribution in [0.5, 0.6) is 0 Å². The van der Waals surface area contributed by atoms with E-state index in [9.17, 15) is 0 Å². The molecular weight excluding hydrogens is 270 g/mol. The molecular formula is C14H17N5O2. The molecule has 21 heavy (non-hydrogen) atoms. The normalized spacial score (nSPS) is 29.0. The topological polar surface area (TPSA) is 85.1 Å². The van der Waals surface area contributed by atoms with E-state index in [0.29, 0.717) is 12.5 Å². The maximum Gasteiger partial charge on any atom is 0.245 e. The Kier molecular flexibility index (Phi) is 3.38. The Balaban J connectivity index is 1.46. The van der Waals surface area contributed by atoms with Gasteiger partial charge < -0.3 is 9.26 Å². The van der Waals surface area contributed by atoms with Crippen molar-refractivity contribution in [1.82, 2.24) is 26.0 Å². The van der Waals surface area contributed by atoms with Crippen molar-refractivity contribution < 1.29 is 9.26 Å². The zero-order chi connectivity index (χ0) is 14.1. The van der Waals surface area contributed by atoms with Gasteiger partial charge in [0.1, 0.15) is 6.04 Å². The van der Waals surface area contributed by atoms with E-state index in [-0.39, 0.29) is 18.0 Å². The first-order valence-corrected chi connectivity index (χ1v) is 7.22. The molecule has 0 bridgehead atoms. The first-order valence-electron chi connectivity index (χ1n) is 7.22. The minimum absolute atomic E-state index is 0.0340. The monoisotopic (exact) mass is 287 g/mol. The molecule has 0 saturated carbocycles. The molecule has 4 rings (SSSR count). The minimum Gasteiger partial charge on any atom is -0.381 e. The summed E-state index contributed by atoms with van der Waals surface area (Å²) in [4.78, 5) is 8.57. The Hall–Kier alpha value is -1.83. The van der Waals surface area contributed by atoms with E-state index in [4.69, 9.17) is 9.26 Å². The molecule has 7 nitrogen and oxygen atoms in total. The van der Waals surface area contributed by atoms with Crippen LogP contribution < -0.4 is 10.9 Å². The second-order valence-electron chi connectivity index (χ2n) is 5.46. The first kappa shape index (κ1) is 12.9. The van der Waals surface area contributed by atoms with Crippen molar-refractivity contribution >= 4 is 0 Å². The highest BCUT2D eigenvalue weighted by molar-refractivity contribution is 5.17. The fraction of sp³-hybridized carbons (Fsp3) is 0.500. The highest BCUT2D eigenvalue weighted by Crippen LogP contribution is 2.31. The summed E-state index contributed by atoms with van der Waals surface area (Å²) in [6.45, 7) is 1.47. The third-order valence-corrected chi connectivity index (χ3v) is 4.06. The van der Waals surface area contributed by atoms with Crippen LogP contribution in [0.25, 0.3) is 0 Å². The molecule has 110 valence electrons. The van der Waals surface area contributed by atoms with Gasteiger partial charge >= 0.3 is 0 Å². The highest BCUT2D eigenvalue weighted by Gasteiger charge is 2.31. The number of hydrazine groups is 1. The fourth-order valence-electron chi connectivity index (χ4n) is 2.83. The van der Waals surface area contributed by atoms with Crippen molar-refractivity contribution in [2.75, 3.05) is 13.2 Å². The molecule has 0 aromatic carbocycles. The summed E-state index contributed by atoms with van der Waals surface area (Å²) >= 11 is 0. The Labute approximate surface area is 122 Å². The molecule has 3 atom stereocenters. The number of ether oxygens (including phenoxy) is 1. The van der Waals surface area contributed by atoms with E-state index in [1.54, 1.807) is 12.4 Å². The molecule has 2 saturated heterocycles. The predicted octanol–water partition coefficient (Wildman–Crippen LogP) is 1.25. The van der Waals surface area contributed by atoms with Gasteiger partial charge in [0.15, 0.2) is 5.82 Å². The maximum absolute atomic E-state index is 5.41. The Morgan fingerprint density at radius 2 is 2.00 bits per heavy atom. The van der Waals surface area contributed by atoms with E-state index in [1.807, 2.05) is 12.1 Å². The van der Waals surface area contributed by atoms with Gasteiger partial charge in [-0.1, -0.05) is 5.16 Å². The zero-order valence-corrected chi connectivity index (χ0v) is 11.5. The van der Waals surface area contributed by atoms with Crippen LogP contribution in [-0.4, -0.2) is 28.3 Å². The van der Waals surface area contributed by atoms with Crippen molar-refractivity contribution in [2.45, 2.75) is 30.8 Å². The highest BCUT2D eigenvalue weighted by atomic mass is 16.5. The summed E-state index contributed by atoms with van der Waals surface area (Å²) in [5.74, 6) is 1.67. The molecule has 2 N–H and O–H groups in total. The number of hydrogen-bond acceptors (Lipinski definition) is 7. The lowest BCUT2D eigenvalue weighted by Gasteiger charge is -2.07. The van der Waals surface area contributed by atoms with E-state index in [0.717, 1.165) is 25.3 Å². The molecule has 0 aliphatic carbocycles. The molecule has 7 heteroatoms. The number of nitrogens with zero attached hydrogens (tertiary/aromatic N) is 3. The first-order chi connectivity index (χ1) is 10.4. The maximum atomic E-state index is 5.41. The lowest BCUT2D eigenvalue weighted by Crippen LogP contribution is -2.26. The molecule has 4 heterocycles. The van der Waals surface area contributed by atoms with Gasteiger partial charge in [-0.3, -0.25) is 4.98 Å². The number of aromatic nitrogens is 3. The summed E-state index contributed by atoms with van der Waals surface area (Å²) in [5.41, 5.74) is 7.70. The van der Waals surface area contributed by atoms with Crippen molar-refractivity contribution in [3.05, 3.63) is 41.8 Å². The van der Waals surface area contributed by atoms with Crippen LogP contribution in [0.4, 0.5) is 0 Å². The molecule has 0 spiro atoms. The van der Waals surface area contributed by atoms with Gasteiger partial charge in [0.05, 0.1) is 6.61 Å². The number of nitrogens with one attached hydrogen (secondary N) is 2. The molecule has 2 aliphatic heterocycles. The number of rotatable bonds is 3. The lowest BCUT2D eigenvalue weighted by molar-refractivity contribution is 0.192. The van der Waals surface area contributed by atoms with Crippen LogP contribution in [0, 0.1) is 0 Å². The summed E-state index contributed by atoms with van der Waals surface area (Å²) in [5, 5.41) is 4.10. The van der Waals surface area contributed by atoms with Crippen LogP contribution >= 0.6 is 0 Å². The smallest absolute Gasteiger partial charge is 0.245 e. The Morgan fingerprint density at radius 3 is 2.81 bits per heavy atom. The van der Waals surface area contributed by atoms with Gasteiger partial charge in [-0.15, -0.1) is 0 Å². The zero-order valence-electron chi connectivity index (χ0n) is 11.5. The van der Waals surface area contributed by atoms with Gasteiger partial charge in [-0.05, 0) is 30.5 Å². The number of pyridine rings is 1. The second-order valence-corrected chi connectivity index (χ2v) is 5.46. The van der Waals surface area contributed by atoms with E-state index < -0.39 is 0 Å². The third-order valence-electron chi connectivity index (χ3n) is 4.06. The molecule has 2 fully saturated rings. The van der Waals surface area contributed by atoms with Gasteiger partial charge in [0, 0.05) is 31.0 Å². The quantitative estimate of drug-likeness (QED) is 0.878. The van der Waals surface area contributed by atoms with Crippen LogP contribution in [0.1, 0.15) is 48.1 Å². The van der Waals surface area contributed by atoms with Gasteiger partial charge in [0.25, 0.3) is 0 Å². The summed E-state index contributed by atoms with van der Waals surface area (Å²) in [6, 6.07) is 4.28. The van der Waals surface area contributed by atoms with Crippen LogP contribution in [-0.2, 0) is 4.74 Å². The van der Waals surface area contributed by atoms with Gasteiger partial charge in [-0.25, -0.2) is 10.9 Å². The van der Waals surface area contributed by atoms with E-state index >= 15 is 0 Å². The summed E-state index contributed by atoms with van der Waals surface area (Å²) in [6.07, 6.45) is 5.44. The SMILES string of the molecule is c1cc(C2CC(c3nc(C4CCOC4)no3)NN2)ccn1. The average Bonchev–Trinajstić information content (AvgIpc) is 3.27. The average molecular weight is 287 g/mol.